The van der Waals surface area contributed by atoms with E-state index in [0.717, 1.165) is 44.0 Å². The molecule has 1 fully saturated rings. The number of piperidine rings is 1. The number of benzene rings is 2. The van der Waals surface area contributed by atoms with Crippen LogP contribution < -0.4 is 10.1 Å². The highest BCUT2D eigenvalue weighted by Crippen LogP contribution is 2.24. The number of carbonyl (C=O) groups excluding carboxylic acids is 1. The van der Waals surface area contributed by atoms with E-state index < -0.39 is 0 Å². The molecule has 0 saturated carbocycles. The van der Waals surface area contributed by atoms with Gasteiger partial charge < -0.3 is 10.1 Å². The normalized spacial score (nSPS) is 15.1. The second kappa shape index (κ2) is 12.3. The molecule has 1 amide bonds. The summed E-state index contributed by atoms with van der Waals surface area (Å²) >= 11 is 7.62. The third-order valence-electron chi connectivity index (χ3n) is 5.43. The highest BCUT2D eigenvalue weighted by Gasteiger charge is 2.24. The van der Waals surface area contributed by atoms with E-state index in [2.05, 4.69) is 22.3 Å². The zero-order chi connectivity index (χ0) is 22.1. The fourth-order valence-corrected chi connectivity index (χ4v) is 4.94. The van der Waals surface area contributed by atoms with E-state index in [9.17, 15) is 9.18 Å². The molecule has 1 aliphatic heterocycles. The Bertz CT molecular complexity index is 839. The van der Waals surface area contributed by atoms with Gasteiger partial charge in [0.2, 0.25) is 5.91 Å². The largest absolute Gasteiger partial charge is 0.494 e. The zero-order valence-corrected chi connectivity index (χ0v) is 19.5. The maximum Gasteiger partial charge on any atom is 0.223 e. The lowest BCUT2D eigenvalue weighted by molar-refractivity contribution is -0.126. The lowest BCUT2D eigenvalue weighted by Gasteiger charge is -2.31. The van der Waals surface area contributed by atoms with Gasteiger partial charge in [0.05, 0.1) is 6.61 Å². The van der Waals surface area contributed by atoms with Gasteiger partial charge in [0.25, 0.3) is 0 Å². The summed E-state index contributed by atoms with van der Waals surface area (Å²) in [6.45, 7) is 5.94. The molecule has 0 bridgehead atoms. The zero-order valence-electron chi connectivity index (χ0n) is 17.9. The van der Waals surface area contributed by atoms with Gasteiger partial charge in [-0.15, -0.1) is 0 Å². The van der Waals surface area contributed by atoms with E-state index in [1.165, 1.54) is 11.6 Å². The van der Waals surface area contributed by atoms with Gasteiger partial charge in [-0.1, -0.05) is 29.8 Å². The van der Waals surface area contributed by atoms with Crippen molar-refractivity contribution in [3.63, 3.8) is 0 Å². The lowest BCUT2D eigenvalue weighted by atomic mass is 9.95. The topological polar surface area (TPSA) is 41.6 Å². The third-order valence-corrected chi connectivity index (χ3v) is 6.77. The second-order valence-electron chi connectivity index (χ2n) is 7.67. The number of nitrogens with zero attached hydrogens (tertiary/aromatic N) is 1. The predicted octanol–water partition coefficient (Wildman–Crippen LogP) is 5.14. The number of ether oxygens (including phenoxy) is 1. The highest BCUT2D eigenvalue weighted by atomic mass is 35.5. The van der Waals surface area contributed by atoms with Crippen LogP contribution in [0, 0.1) is 11.7 Å². The molecule has 2 aromatic rings. The molecule has 0 aromatic heterocycles. The van der Waals surface area contributed by atoms with E-state index in [1.807, 2.05) is 19.1 Å². The van der Waals surface area contributed by atoms with Crippen LogP contribution in [0.2, 0.25) is 5.02 Å². The highest BCUT2D eigenvalue weighted by molar-refractivity contribution is 7.98. The fourth-order valence-electron chi connectivity index (χ4n) is 3.75. The molecule has 2 aromatic carbocycles. The smallest absolute Gasteiger partial charge is 0.223 e. The van der Waals surface area contributed by atoms with Crippen LogP contribution in [0.1, 0.15) is 30.9 Å². The quantitative estimate of drug-likeness (QED) is 0.494. The van der Waals surface area contributed by atoms with E-state index in [-0.39, 0.29) is 17.6 Å². The molecule has 168 valence electrons. The summed E-state index contributed by atoms with van der Waals surface area (Å²) in [5.74, 6) is 2.06. The predicted molar refractivity (Wildman–Crippen MR) is 126 cm³/mol. The molecule has 0 spiro atoms. The summed E-state index contributed by atoms with van der Waals surface area (Å²) in [4.78, 5) is 14.9. The van der Waals surface area contributed by atoms with Crippen molar-refractivity contribution in [3.05, 3.63) is 64.4 Å². The van der Waals surface area contributed by atoms with Gasteiger partial charge in [-0.25, -0.2) is 4.39 Å². The van der Waals surface area contributed by atoms with Crippen LogP contribution in [0.4, 0.5) is 4.39 Å². The monoisotopic (exact) mass is 464 g/mol. The van der Waals surface area contributed by atoms with Crippen molar-refractivity contribution in [1.29, 1.82) is 0 Å². The van der Waals surface area contributed by atoms with Crippen molar-refractivity contribution >= 4 is 29.3 Å². The summed E-state index contributed by atoms with van der Waals surface area (Å²) in [6, 6.07) is 12.9. The van der Waals surface area contributed by atoms with Crippen LogP contribution in [0.25, 0.3) is 0 Å². The second-order valence-corrected chi connectivity index (χ2v) is 9.19. The van der Waals surface area contributed by atoms with Crippen LogP contribution in [0.5, 0.6) is 5.75 Å². The summed E-state index contributed by atoms with van der Waals surface area (Å²) in [5.41, 5.74) is 1.76. The van der Waals surface area contributed by atoms with Crippen molar-refractivity contribution in [3.8, 4) is 5.75 Å². The molecule has 4 nitrogen and oxygen atoms in total. The van der Waals surface area contributed by atoms with Gasteiger partial charge in [0.15, 0.2) is 0 Å². The molecule has 0 atom stereocenters. The number of amides is 1. The first kappa shape index (κ1) is 23.9. The maximum atomic E-state index is 13.8. The average molecular weight is 465 g/mol. The molecule has 7 heteroatoms. The van der Waals surface area contributed by atoms with Crippen molar-refractivity contribution < 1.29 is 13.9 Å². The molecule has 31 heavy (non-hydrogen) atoms. The Morgan fingerprint density at radius 3 is 2.77 bits per heavy atom. The number of nitrogens with one attached hydrogen (secondary N) is 1. The van der Waals surface area contributed by atoms with Crippen LogP contribution >= 0.6 is 23.4 Å². The van der Waals surface area contributed by atoms with Crippen molar-refractivity contribution in [2.24, 2.45) is 5.92 Å². The van der Waals surface area contributed by atoms with Gasteiger partial charge in [-0.3, -0.25) is 9.69 Å². The van der Waals surface area contributed by atoms with E-state index in [4.69, 9.17) is 16.3 Å². The van der Waals surface area contributed by atoms with Crippen LogP contribution in [-0.2, 0) is 17.1 Å². The Morgan fingerprint density at radius 2 is 2.03 bits per heavy atom. The first-order chi connectivity index (χ1) is 15.1. The molecule has 0 radical (unpaired) electrons. The summed E-state index contributed by atoms with van der Waals surface area (Å²) in [6.07, 6.45) is 1.74. The first-order valence-corrected chi connectivity index (χ1v) is 12.3. The average Bonchev–Trinajstić information content (AvgIpc) is 2.76. The minimum atomic E-state index is -0.277. The van der Waals surface area contributed by atoms with Gasteiger partial charge in [0, 0.05) is 41.1 Å². The molecular formula is C24H30ClFN2O2S. The van der Waals surface area contributed by atoms with Crippen molar-refractivity contribution in [1.82, 2.24) is 10.2 Å². The SMILES string of the molecule is CCOc1cccc(CN2CCC(C(=O)NCCSCc3c(F)cccc3Cl)CC2)c1. The van der Waals surface area contributed by atoms with Crippen molar-refractivity contribution in [2.75, 3.05) is 32.0 Å². The number of carbonyl (C=O) groups is 1. The van der Waals surface area contributed by atoms with E-state index in [1.54, 1.807) is 23.9 Å². The van der Waals surface area contributed by atoms with Gasteiger partial charge in [-0.2, -0.15) is 11.8 Å². The number of hydrogen-bond donors (Lipinski definition) is 1. The maximum absolute atomic E-state index is 13.8. The summed E-state index contributed by atoms with van der Waals surface area (Å²) < 4.78 is 19.4. The Balaban J connectivity index is 1.33. The number of likely N-dealkylation sites (tertiary alicyclic amines) is 1. The number of halogens is 2. The number of hydrogen-bond acceptors (Lipinski definition) is 4. The Morgan fingerprint density at radius 1 is 1.26 bits per heavy atom. The molecule has 0 unspecified atom stereocenters. The third kappa shape index (κ3) is 7.41. The van der Waals surface area contributed by atoms with Gasteiger partial charge >= 0.3 is 0 Å². The van der Waals surface area contributed by atoms with Crippen LogP contribution in [-0.4, -0.2) is 42.8 Å². The van der Waals surface area contributed by atoms with Crippen molar-refractivity contribution in [2.45, 2.75) is 32.1 Å². The summed E-state index contributed by atoms with van der Waals surface area (Å²) in [5, 5.41) is 3.48. The lowest BCUT2D eigenvalue weighted by Crippen LogP contribution is -2.40. The Hall–Kier alpha value is -1.76. The Kier molecular flexibility index (Phi) is 9.50. The van der Waals surface area contributed by atoms with E-state index >= 15 is 0 Å². The van der Waals surface area contributed by atoms with Crippen LogP contribution in [0.15, 0.2) is 42.5 Å². The fraction of sp³-hybridized carbons (Fsp3) is 0.458. The molecule has 1 aliphatic rings. The van der Waals surface area contributed by atoms with Gasteiger partial charge in [-0.05, 0) is 62.7 Å². The minimum absolute atomic E-state index is 0.0667. The minimum Gasteiger partial charge on any atom is -0.494 e. The van der Waals surface area contributed by atoms with Gasteiger partial charge in [0.1, 0.15) is 11.6 Å². The Labute approximate surface area is 193 Å². The first-order valence-electron chi connectivity index (χ1n) is 10.8. The van der Waals surface area contributed by atoms with E-state index in [0.29, 0.717) is 29.5 Å². The van der Waals surface area contributed by atoms with Crippen LogP contribution in [0.3, 0.4) is 0 Å². The molecule has 1 saturated heterocycles. The molecule has 3 rings (SSSR count). The number of rotatable bonds is 10. The molecular weight excluding hydrogens is 435 g/mol. The molecule has 0 aliphatic carbocycles. The molecule has 1 N–H and O–H groups in total. The summed E-state index contributed by atoms with van der Waals surface area (Å²) in [7, 11) is 0. The molecule has 1 heterocycles. The number of thioether (sulfide) groups is 1. The standard InChI is InChI=1S/C24H30ClFN2O2S/c1-2-30-20-6-3-5-18(15-20)16-28-12-9-19(10-13-28)24(29)27-11-14-31-17-21-22(25)7-4-8-23(21)26/h3-8,15,19H,2,9-14,16-17H2,1H3,(H,27,29).